The fourth-order valence-electron chi connectivity index (χ4n) is 4.32. The fourth-order valence-corrected chi connectivity index (χ4v) is 4.32. The van der Waals surface area contributed by atoms with E-state index in [0.717, 1.165) is 35.0 Å². The molecule has 3 aromatic rings. The second-order valence-corrected chi connectivity index (χ2v) is 8.56. The number of halogens is 2. The molecule has 1 aliphatic carbocycles. The van der Waals surface area contributed by atoms with Gasteiger partial charge in [-0.1, -0.05) is 6.07 Å². The summed E-state index contributed by atoms with van der Waals surface area (Å²) in [5.41, 5.74) is 3.28. The summed E-state index contributed by atoms with van der Waals surface area (Å²) in [6.07, 6.45) is 4.30. The molecule has 2 fully saturated rings. The van der Waals surface area contributed by atoms with Crippen molar-refractivity contribution in [2.75, 3.05) is 13.7 Å². The summed E-state index contributed by atoms with van der Waals surface area (Å²) >= 11 is 0. The van der Waals surface area contributed by atoms with Gasteiger partial charge in [0.15, 0.2) is 11.5 Å². The maximum Gasteiger partial charge on any atom is 0.387 e. The molecule has 5 rings (SSSR count). The lowest BCUT2D eigenvalue weighted by atomic mass is 10.0. The first-order valence-electron chi connectivity index (χ1n) is 11.0. The first kappa shape index (κ1) is 21.5. The number of amides is 1. The Bertz CT molecular complexity index is 1190. The van der Waals surface area contributed by atoms with E-state index in [-0.39, 0.29) is 29.4 Å². The summed E-state index contributed by atoms with van der Waals surface area (Å²) in [6.45, 7) is -0.375. The van der Waals surface area contributed by atoms with Gasteiger partial charge >= 0.3 is 6.61 Å². The number of methoxy groups -OCH3 is 1. The zero-order chi connectivity index (χ0) is 23.1. The summed E-state index contributed by atoms with van der Waals surface area (Å²) in [5, 5.41) is 2.86. The van der Waals surface area contributed by atoms with Crippen molar-refractivity contribution in [3.8, 4) is 28.4 Å². The standard InChI is InChI=1S/C24H25F2N3O4/c1-13(16-10-22(30)27-11-16)32-21-9-15(7-18-23(21)29(12-28-18)17-4-5-17)14-3-6-19(33-24(25)26)20(8-14)31-2/h3,6-9,12-13,16-17,24H,4-5,10-11H2,1-2H3,(H,27,30)/t13-,16-/m1/s1. The van der Waals surface area contributed by atoms with Crippen molar-refractivity contribution in [2.24, 2.45) is 5.92 Å². The van der Waals surface area contributed by atoms with Crippen LogP contribution >= 0.6 is 0 Å². The third kappa shape index (κ3) is 4.31. The molecular weight excluding hydrogens is 432 g/mol. The van der Waals surface area contributed by atoms with Crippen LogP contribution in [0.5, 0.6) is 17.2 Å². The van der Waals surface area contributed by atoms with Gasteiger partial charge in [-0.25, -0.2) is 4.98 Å². The Morgan fingerprint density at radius 1 is 1.09 bits per heavy atom. The van der Waals surface area contributed by atoms with Crippen LogP contribution in [0.3, 0.4) is 0 Å². The first-order valence-corrected chi connectivity index (χ1v) is 11.0. The third-order valence-corrected chi connectivity index (χ3v) is 6.27. The maximum absolute atomic E-state index is 12.7. The van der Waals surface area contributed by atoms with E-state index < -0.39 is 6.61 Å². The number of alkyl halides is 2. The first-order chi connectivity index (χ1) is 15.9. The van der Waals surface area contributed by atoms with E-state index in [0.29, 0.717) is 24.8 Å². The molecular formula is C24H25F2N3O4. The molecule has 1 amide bonds. The van der Waals surface area contributed by atoms with Gasteiger partial charge in [-0.05, 0) is 55.2 Å². The fraction of sp³-hybridized carbons (Fsp3) is 0.417. The number of hydrogen-bond acceptors (Lipinski definition) is 5. The molecule has 2 aromatic carbocycles. The average molecular weight is 457 g/mol. The van der Waals surface area contributed by atoms with E-state index >= 15 is 0 Å². The van der Waals surface area contributed by atoms with Crippen molar-refractivity contribution in [1.82, 2.24) is 14.9 Å². The number of ether oxygens (including phenoxy) is 3. The van der Waals surface area contributed by atoms with Gasteiger partial charge in [0, 0.05) is 24.9 Å². The molecule has 1 N–H and O–H groups in total. The van der Waals surface area contributed by atoms with Gasteiger partial charge in [-0.2, -0.15) is 8.78 Å². The molecule has 0 bridgehead atoms. The van der Waals surface area contributed by atoms with Gasteiger partial charge in [0.25, 0.3) is 0 Å². The molecule has 1 saturated heterocycles. The van der Waals surface area contributed by atoms with E-state index in [1.165, 1.54) is 13.2 Å². The Labute approximate surface area is 189 Å². The number of aromatic nitrogens is 2. The summed E-state index contributed by atoms with van der Waals surface area (Å²) < 4.78 is 43.8. The highest BCUT2D eigenvalue weighted by Gasteiger charge is 2.30. The van der Waals surface area contributed by atoms with E-state index in [4.69, 9.17) is 9.47 Å². The smallest absolute Gasteiger partial charge is 0.387 e. The molecule has 2 heterocycles. The molecule has 1 saturated carbocycles. The summed E-state index contributed by atoms with van der Waals surface area (Å²) in [7, 11) is 1.41. The highest BCUT2D eigenvalue weighted by atomic mass is 19.3. The van der Waals surface area contributed by atoms with E-state index in [1.807, 2.05) is 25.4 Å². The van der Waals surface area contributed by atoms with Crippen LogP contribution < -0.4 is 19.5 Å². The second kappa shape index (κ2) is 8.53. The lowest BCUT2D eigenvalue weighted by Gasteiger charge is -2.21. The Morgan fingerprint density at radius 3 is 2.55 bits per heavy atom. The van der Waals surface area contributed by atoms with Crippen molar-refractivity contribution >= 4 is 16.9 Å². The Hall–Kier alpha value is -3.36. The van der Waals surface area contributed by atoms with E-state index in [9.17, 15) is 13.6 Å². The van der Waals surface area contributed by atoms with Crippen LogP contribution in [0.2, 0.25) is 0 Å². The van der Waals surface area contributed by atoms with Crippen molar-refractivity contribution in [1.29, 1.82) is 0 Å². The minimum Gasteiger partial charge on any atom is -0.493 e. The number of fused-ring (bicyclic) bond motifs is 1. The molecule has 0 radical (unpaired) electrons. The molecule has 33 heavy (non-hydrogen) atoms. The van der Waals surface area contributed by atoms with Gasteiger partial charge in [-0.3, -0.25) is 4.79 Å². The van der Waals surface area contributed by atoms with E-state index in [1.54, 1.807) is 12.1 Å². The van der Waals surface area contributed by atoms with Crippen molar-refractivity contribution in [3.05, 3.63) is 36.7 Å². The number of carbonyl (C=O) groups is 1. The quantitative estimate of drug-likeness (QED) is 0.537. The van der Waals surface area contributed by atoms with Crippen molar-refractivity contribution in [3.63, 3.8) is 0 Å². The lowest BCUT2D eigenvalue weighted by Crippen LogP contribution is -2.25. The number of carbonyl (C=O) groups excluding carboxylic acids is 1. The largest absolute Gasteiger partial charge is 0.493 e. The highest BCUT2D eigenvalue weighted by Crippen LogP contribution is 2.42. The van der Waals surface area contributed by atoms with Crippen LogP contribution in [0, 0.1) is 5.92 Å². The number of nitrogens with zero attached hydrogens (tertiary/aromatic N) is 2. The zero-order valence-corrected chi connectivity index (χ0v) is 18.4. The van der Waals surface area contributed by atoms with Gasteiger partial charge in [0.2, 0.25) is 5.91 Å². The lowest BCUT2D eigenvalue weighted by molar-refractivity contribution is -0.119. The number of rotatable bonds is 8. The molecule has 2 atom stereocenters. The number of hydrogen-bond donors (Lipinski definition) is 1. The summed E-state index contributed by atoms with van der Waals surface area (Å²) in [4.78, 5) is 16.3. The number of benzene rings is 2. The average Bonchev–Trinajstić information content (AvgIpc) is 3.39. The molecule has 2 aliphatic rings. The molecule has 0 unspecified atom stereocenters. The highest BCUT2D eigenvalue weighted by molar-refractivity contribution is 5.88. The molecule has 174 valence electrons. The topological polar surface area (TPSA) is 74.6 Å². The molecule has 1 aliphatic heterocycles. The summed E-state index contributed by atoms with van der Waals surface area (Å²) in [5.74, 6) is 0.988. The minimum atomic E-state index is -2.94. The molecule has 7 nitrogen and oxygen atoms in total. The normalized spacial score (nSPS) is 19.1. The monoisotopic (exact) mass is 457 g/mol. The summed E-state index contributed by atoms with van der Waals surface area (Å²) in [6, 6.07) is 9.13. The van der Waals surface area contributed by atoms with Crippen LogP contribution in [0.4, 0.5) is 8.78 Å². The Morgan fingerprint density at radius 2 is 1.88 bits per heavy atom. The number of imidazole rings is 1. The molecule has 1 aromatic heterocycles. The van der Waals surface area contributed by atoms with Crippen LogP contribution in [0.1, 0.15) is 32.2 Å². The van der Waals surface area contributed by atoms with E-state index in [2.05, 4.69) is 19.6 Å². The van der Waals surface area contributed by atoms with Crippen LogP contribution in [0.25, 0.3) is 22.2 Å². The Balaban J connectivity index is 1.54. The molecule has 9 heteroatoms. The Kier molecular flexibility index (Phi) is 5.55. The third-order valence-electron chi connectivity index (χ3n) is 6.27. The van der Waals surface area contributed by atoms with Gasteiger partial charge in [0.05, 0.1) is 19.0 Å². The van der Waals surface area contributed by atoms with Crippen molar-refractivity contribution < 1.29 is 27.8 Å². The van der Waals surface area contributed by atoms with Gasteiger partial charge in [0.1, 0.15) is 17.4 Å². The SMILES string of the molecule is COc1cc(-c2cc(O[C@H](C)[C@H]3CNC(=O)C3)c3c(c2)ncn3C2CC2)ccc1OC(F)F. The van der Waals surface area contributed by atoms with Gasteiger partial charge < -0.3 is 24.1 Å². The van der Waals surface area contributed by atoms with Crippen LogP contribution in [0.15, 0.2) is 36.7 Å². The van der Waals surface area contributed by atoms with Crippen LogP contribution in [-0.4, -0.2) is 41.8 Å². The number of nitrogens with one attached hydrogen (secondary N) is 1. The molecule has 0 spiro atoms. The minimum absolute atomic E-state index is 0.0289. The van der Waals surface area contributed by atoms with Crippen molar-refractivity contribution in [2.45, 2.75) is 44.9 Å². The van der Waals surface area contributed by atoms with Gasteiger partial charge in [-0.15, -0.1) is 0 Å². The second-order valence-electron chi connectivity index (χ2n) is 8.56. The zero-order valence-electron chi connectivity index (χ0n) is 18.4. The maximum atomic E-state index is 12.7. The van der Waals surface area contributed by atoms with Crippen LogP contribution in [-0.2, 0) is 4.79 Å². The predicted molar refractivity (Wildman–Crippen MR) is 118 cm³/mol. The predicted octanol–water partition coefficient (Wildman–Crippen LogP) is 4.55.